The van der Waals surface area contributed by atoms with Gasteiger partial charge in [-0.1, -0.05) is 31.7 Å². The number of hydrogen-bond donors (Lipinski definition) is 1. The molecule has 0 aromatic carbocycles. The minimum absolute atomic E-state index is 0.288. The van der Waals surface area contributed by atoms with Crippen molar-refractivity contribution in [3.8, 4) is 0 Å². The van der Waals surface area contributed by atoms with Crippen molar-refractivity contribution in [2.45, 2.75) is 20.3 Å². The lowest BCUT2D eigenvalue weighted by Gasteiger charge is -2.00. The van der Waals surface area contributed by atoms with Crippen LogP contribution >= 0.6 is 0 Å². The lowest BCUT2D eigenvalue weighted by molar-refractivity contribution is -0.132. The number of aliphatic carboxylic acids is 1. The fourth-order valence-electron chi connectivity index (χ4n) is 0.955. The first-order valence-electron chi connectivity index (χ1n) is 3.88. The van der Waals surface area contributed by atoms with Crippen LogP contribution in [0.15, 0.2) is 36.0 Å². The van der Waals surface area contributed by atoms with Crippen LogP contribution in [0.5, 0.6) is 0 Å². The van der Waals surface area contributed by atoms with Gasteiger partial charge in [-0.25, -0.2) is 4.79 Å². The Bertz CT molecular complexity index is 234. The van der Waals surface area contributed by atoms with E-state index in [1.54, 1.807) is 6.08 Å². The summed E-state index contributed by atoms with van der Waals surface area (Å²) in [7, 11) is 0. The monoisotopic (exact) mass is 166 g/mol. The molecule has 0 saturated carbocycles. The van der Waals surface area contributed by atoms with Crippen LogP contribution in [0, 0.1) is 0 Å². The molecular weight excluding hydrogens is 152 g/mol. The third-order valence-electron chi connectivity index (χ3n) is 1.53. The molecule has 12 heavy (non-hydrogen) atoms. The molecule has 0 fully saturated rings. The largest absolute Gasteiger partial charge is 0.478 e. The molecule has 0 aromatic heterocycles. The third-order valence-corrected chi connectivity index (χ3v) is 1.53. The predicted octanol–water partition coefficient (Wildman–Crippen LogP) is 2.54. The van der Waals surface area contributed by atoms with E-state index in [1.807, 2.05) is 19.9 Å². The fourth-order valence-corrected chi connectivity index (χ4v) is 0.955. The molecule has 0 unspecified atom stereocenters. The van der Waals surface area contributed by atoms with Crippen LogP contribution in [0.1, 0.15) is 20.3 Å². The van der Waals surface area contributed by atoms with Crippen molar-refractivity contribution in [3.63, 3.8) is 0 Å². The molecule has 0 heterocycles. The van der Waals surface area contributed by atoms with E-state index in [0.29, 0.717) is 6.42 Å². The molecule has 0 aliphatic rings. The van der Waals surface area contributed by atoms with E-state index >= 15 is 0 Å². The molecule has 0 spiro atoms. The highest BCUT2D eigenvalue weighted by Crippen LogP contribution is 2.11. The average molecular weight is 166 g/mol. The van der Waals surface area contributed by atoms with Gasteiger partial charge in [0.05, 0.1) is 5.57 Å². The maximum atomic E-state index is 10.6. The summed E-state index contributed by atoms with van der Waals surface area (Å²) in [4.78, 5) is 10.6. The van der Waals surface area contributed by atoms with Crippen LogP contribution in [0.4, 0.5) is 0 Å². The summed E-state index contributed by atoms with van der Waals surface area (Å²) in [6.45, 7) is 7.24. The molecule has 2 nitrogen and oxygen atoms in total. The number of allylic oxidation sites excluding steroid dienone is 3. The van der Waals surface area contributed by atoms with Gasteiger partial charge in [-0.3, -0.25) is 0 Å². The number of hydrogen-bond acceptors (Lipinski definition) is 1. The first-order valence-corrected chi connectivity index (χ1v) is 3.88. The molecule has 0 amide bonds. The Morgan fingerprint density at radius 3 is 2.42 bits per heavy atom. The minimum atomic E-state index is -0.917. The maximum absolute atomic E-state index is 10.6. The van der Waals surface area contributed by atoms with E-state index in [4.69, 9.17) is 5.11 Å². The number of carbonyl (C=O) groups is 1. The molecule has 1 N–H and O–H groups in total. The lowest BCUT2D eigenvalue weighted by Crippen LogP contribution is -2.00. The summed E-state index contributed by atoms with van der Waals surface area (Å²) < 4.78 is 0. The number of carboxylic acid groups (broad SMARTS) is 1. The summed E-state index contributed by atoms with van der Waals surface area (Å²) in [6, 6.07) is 0. The van der Waals surface area contributed by atoms with Crippen molar-refractivity contribution in [1.82, 2.24) is 0 Å². The van der Waals surface area contributed by atoms with Gasteiger partial charge in [-0.05, 0) is 18.9 Å². The Morgan fingerprint density at radius 1 is 1.58 bits per heavy atom. The third kappa shape index (κ3) is 2.74. The maximum Gasteiger partial charge on any atom is 0.335 e. The van der Waals surface area contributed by atoms with E-state index in [-0.39, 0.29) is 5.57 Å². The Kier molecular flexibility index (Phi) is 4.77. The van der Waals surface area contributed by atoms with E-state index < -0.39 is 5.97 Å². The first kappa shape index (κ1) is 10.7. The highest BCUT2D eigenvalue weighted by molar-refractivity contribution is 5.91. The molecule has 0 aliphatic heterocycles. The Morgan fingerprint density at radius 2 is 2.17 bits per heavy atom. The zero-order chi connectivity index (χ0) is 9.56. The summed E-state index contributed by atoms with van der Waals surface area (Å²) >= 11 is 0. The van der Waals surface area contributed by atoms with E-state index in [1.165, 1.54) is 6.08 Å². The van der Waals surface area contributed by atoms with Gasteiger partial charge in [0.2, 0.25) is 0 Å². The lowest BCUT2D eigenvalue weighted by atomic mass is 10.1. The van der Waals surface area contributed by atoms with Crippen LogP contribution in [-0.2, 0) is 4.79 Å². The highest BCUT2D eigenvalue weighted by Gasteiger charge is 2.06. The SMILES string of the molecule is C=CC(C(=O)O)=C(C=CC)CC. The van der Waals surface area contributed by atoms with E-state index in [0.717, 1.165) is 5.57 Å². The first-order chi connectivity index (χ1) is 5.67. The van der Waals surface area contributed by atoms with Crippen molar-refractivity contribution < 1.29 is 9.90 Å². The molecule has 2 heteroatoms. The molecule has 0 bridgehead atoms. The molecule has 0 saturated heterocycles. The van der Waals surface area contributed by atoms with Gasteiger partial charge in [-0.2, -0.15) is 0 Å². The minimum Gasteiger partial charge on any atom is -0.478 e. The second-order valence-electron chi connectivity index (χ2n) is 2.30. The summed E-state index contributed by atoms with van der Waals surface area (Å²) in [6.07, 6.45) is 5.70. The van der Waals surface area contributed by atoms with Crippen LogP contribution < -0.4 is 0 Å². The highest BCUT2D eigenvalue weighted by atomic mass is 16.4. The van der Waals surface area contributed by atoms with Crippen molar-refractivity contribution in [2.75, 3.05) is 0 Å². The fraction of sp³-hybridized carbons (Fsp3) is 0.300. The van der Waals surface area contributed by atoms with Gasteiger partial charge in [0, 0.05) is 0 Å². The zero-order valence-electron chi connectivity index (χ0n) is 7.50. The second kappa shape index (κ2) is 5.35. The summed E-state index contributed by atoms with van der Waals surface area (Å²) in [5.41, 5.74) is 1.09. The Hall–Kier alpha value is -1.31. The summed E-state index contributed by atoms with van der Waals surface area (Å²) in [5.74, 6) is -0.917. The Balaban J connectivity index is 5.00. The molecule has 0 aromatic rings. The van der Waals surface area contributed by atoms with Gasteiger partial charge < -0.3 is 5.11 Å². The molecule has 66 valence electrons. The number of carboxylic acids is 1. The van der Waals surface area contributed by atoms with Gasteiger partial charge in [0.15, 0.2) is 0 Å². The van der Waals surface area contributed by atoms with Crippen LogP contribution in [0.3, 0.4) is 0 Å². The zero-order valence-corrected chi connectivity index (χ0v) is 7.50. The van der Waals surface area contributed by atoms with Crippen molar-refractivity contribution >= 4 is 5.97 Å². The van der Waals surface area contributed by atoms with Crippen LogP contribution in [0.2, 0.25) is 0 Å². The molecule has 0 aliphatic carbocycles. The van der Waals surface area contributed by atoms with E-state index in [9.17, 15) is 4.79 Å². The average Bonchev–Trinajstić information content (AvgIpc) is 2.03. The van der Waals surface area contributed by atoms with Gasteiger partial charge >= 0.3 is 5.97 Å². The topological polar surface area (TPSA) is 37.3 Å². The van der Waals surface area contributed by atoms with E-state index in [2.05, 4.69) is 6.58 Å². The summed E-state index contributed by atoms with van der Waals surface area (Å²) in [5, 5.41) is 8.74. The smallest absolute Gasteiger partial charge is 0.335 e. The van der Waals surface area contributed by atoms with Crippen molar-refractivity contribution in [1.29, 1.82) is 0 Å². The van der Waals surface area contributed by atoms with Crippen LogP contribution in [0.25, 0.3) is 0 Å². The Labute approximate surface area is 72.9 Å². The molecular formula is C10H14O2. The molecule has 0 rings (SSSR count). The predicted molar refractivity (Wildman–Crippen MR) is 50.0 cm³/mol. The normalized spacial score (nSPS) is 12.8. The van der Waals surface area contributed by atoms with Gasteiger partial charge in [0.1, 0.15) is 0 Å². The molecule has 0 radical (unpaired) electrons. The number of rotatable bonds is 4. The standard InChI is InChI=1S/C10H14O2/c1-4-7-8(5-2)9(6-3)10(11)12/h4,6-7H,3,5H2,1-2H3,(H,11,12). The van der Waals surface area contributed by atoms with Crippen molar-refractivity contribution in [3.05, 3.63) is 36.0 Å². The van der Waals surface area contributed by atoms with Crippen molar-refractivity contribution in [2.24, 2.45) is 0 Å². The van der Waals surface area contributed by atoms with Crippen LogP contribution in [-0.4, -0.2) is 11.1 Å². The molecule has 0 atom stereocenters. The van der Waals surface area contributed by atoms with Gasteiger partial charge in [0.25, 0.3) is 0 Å². The van der Waals surface area contributed by atoms with Gasteiger partial charge in [-0.15, -0.1) is 0 Å². The second-order valence-corrected chi connectivity index (χ2v) is 2.30. The quantitative estimate of drug-likeness (QED) is 0.514.